The zero-order chi connectivity index (χ0) is 27.4. The molecule has 2 rings (SSSR count). The number of carboxylic acid groups (broad SMARTS) is 1. The van der Waals surface area contributed by atoms with Crippen LogP contribution in [0.4, 0.5) is 0 Å². The molecule has 38 heavy (non-hydrogen) atoms. The van der Waals surface area contributed by atoms with E-state index in [4.69, 9.17) is 19.7 Å². The summed E-state index contributed by atoms with van der Waals surface area (Å²) in [7, 11) is 9.27. The van der Waals surface area contributed by atoms with Gasteiger partial charge < -0.3 is 33.9 Å². The van der Waals surface area contributed by atoms with Crippen molar-refractivity contribution < 1.29 is 43.5 Å². The number of carbonyl (C=O) groups excluding carboxylic acids is 1. The lowest BCUT2D eigenvalue weighted by atomic mass is 10.5. The van der Waals surface area contributed by atoms with Gasteiger partial charge >= 0.3 is 11.9 Å². The summed E-state index contributed by atoms with van der Waals surface area (Å²) in [6.45, 7) is 0.343. The van der Waals surface area contributed by atoms with Crippen molar-refractivity contribution in [1.29, 1.82) is 0 Å². The highest BCUT2D eigenvalue weighted by Crippen LogP contribution is 2.28. The molecule has 0 aliphatic carbocycles. The zero-order valence-corrected chi connectivity index (χ0v) is 23.8. The molecule has 0 unspecified atom stereocenters. The quantitative estimate of drug-likeness (QED) is 0.114. The highest BCUT2D eigenvalue weighted by Gasteiger charge is 2.03. The number of hydrogen-bond donors (Lipinski definition) is 2. The van der Waals surface area contributed by atoms with E-state index in [1.54, 1.807) is 55.6 Å². The lowest BCUT2D eigenvalue weighted by molar-refractivity contribution is -0.152. The normalized spacial score (nSPS) is 9.66. The van der Waals surface area contributed by atoms with E-state index in [0.717, 1.165) is 15.8 Å². The molecule has 0 fully saturated rings. The number of methoxy groups -OCH3 is 2. The van der Waals surface area contributed by atoms with Crippen LogP contribution in [-0.4, -0.2) is 97.9 Å². The van der Waals surface area contributed by atoms with Crippen molar-refractivity contribution in [2.45, 2.75) is 17.5 Å². The SMILES string of the molecule is C.COCOCC(=O)O.COCOCC(=O)OCCSSc1ccccn1.OCCSSc1ccccn1. The van der Waals surface area contributed by atoms with Gasteiger partial charge in [0.2, 0.25) is 0 Å². The summed E-state index contributed by atoms with van der Waals surface area (Å²) in [5, 5.41) is 18.4. The maximum absolute atomic E-state index is 11.1. The van der Waals surface area contributed by atoms with Gasteiger partial charge in [-0.05, 0) is 45.9 Å². The van der Waals surface area contributed by atoms with Gasteiger partial charge in [0.05, 0.1) is 6.61 Å². The Labute approximate surface area is 239 Å². The van der Waals surface area contributed by atoms with Crippen LogP contribution >= 0.6 is 43.2 Å². The first-order chi connectivity index (χ1) is 18.0. The summed E-state index contributed by atoms with van der Waals surface area (Å²) in [5.41, 5.74) is 0. The van der Waals surface area contributed by atoms with Gasteiger partial charge in [-0.15, -0.1) is 0 Å². The number of rotatable bonds is 17. The molecule has 0 spiro atoms. The van der Waals surface area contributed by atoms with E-state index in [2.05, 4.69) is 24.2 Å². The number of hydrogen-bond acceptors (Lipinski definition) is 14. The Hall–Kier alpha value is -1.56. The molecule has 2 N–H and O–H groups in total. The average molecular weight is 613 g/mol. The Morgan fingerprint density at radius 2 is 1.37 bits per heavy atom. The number of carbonyl (C=O) groups is 2. The topological polar surface area (TPSA) is 147 Å². The van der Waals surface area contributed by atoms with Crippen molar-refractivity contribution in [3.05, 3.63) is 48.8 Å². The third-order valence-electron chi connectivity index (χ3n) is 3.02. The summed E-state index contributed by atoms with van der Waals surface area (Å²) in [6.07, 6.45) is 3.51. The highest BCUT2D eigenvalue weighted by molar-refractivity contribution is 8.77. The second-order valence-electron chi connectivity index (χ2n) is 5.99. The minimum absolute atomic E-state index is 0. The molecule has 0 saturated carbocycles. The summed E-state index contributed by atoms with van der Waals surface area (Å²) < 4.78 is 23.3. The van der Waals surface area contributed by atoms with E-state index in [0.29, 0.717) is 12.4 Å². The van der Waals surface area contributed by atoms with Crippen LogP contribution in [-0.2, 0) is 33.3 Å². The molecule has 0 atom stereocenters. The molecule has 0 aliphatic heterocycles. The van der Waals surface area contributed by atoms with Crippen LogP contribution in [0.15, 0.2) is 58.8 Å². The van der Waals surface area contributed by atoms with Gasteiger partial charge in [0.15, 0.2) is 0 Å². The van der Waals surface area contributed by atoms with E-state index >= 15 is 0 Å². The molecule has 0 aliphatic rings. The number of carboxylic acids is 1. The van der Waals surface area contributed by atoms with Gasteiger partial charge in [0, 0.05) is 38.1 Å². The molecule has 216 valence electrons. The lowest BCUT2D eigenvalue weighted by Crippen LogP contribution is -2.15. The van der Waals surface area contributed by atoms with Crippen LogP contribution in [0.25, 0.3) is 0 Å². The fourth-order valence-electron chi connectivity index (χ4n) is 1.69. The largest absolute Gasteiger partial charge is 0.480 e. The summed E-state index contributed by atoms with van der Waals surface area (Å²) in [5.74, 6) is 0.0935. The van der Waals surface area contributed by atoms with E-state index in [9.17, 15) is 9.59 Å². The molecule has 2 heterocycles. The van der Waals surface area contributed by atoms with Crippen molar-refractivity contribution in [3.63, 3.8) is 0 Å². The summed E-state index contributed by atoms with van der Waals surface area (Å²) in [4.78, 5) is 29.1. The fraction of sp³-hybridized carbons (Fsp3) is 0.478. The molecule has 2 aromatic rings. The van der Waals surface area contributed by atoms with Crippen LogP contribution in [0.2, 0.25) is 0 Å². The van der Waals surface area contributed by atoms with E-state index in [1.165, 1.54) is 14.2 Å². The average Bonchev–Trinajstić information content (AvgIpc) is 2.91. The third kappa shape index (κ3) is 27.5. The Morgan fingerprint density at radius 1 is 0.842 bits per heavy atom. The fourth-order valence-corrected chi connectivity index (χ4v) is 5.04. The van der Waals surface area contributed by atoms with Gasteiger partial charge in [0.1, 0.15) is 43.5 Å². The maximum atomic E-state index is 11.1. The Morgan fingerprint density at radius 3 is 1.82 bits per heavy atom. The number of aliphatic carboxylic acids is 1. The second kappa shape index (κ2) is 30.0. The number of aliphatic hydroxyl groups is 1. The van der Waals surface area contributed by atoms with Gasteiger partial charge in [0.25, 0.3) is 0 Å². The molecular weight excluding hydrogens is 577 g/mol. The molecule has 0 radical (unpaired) electrons. The molecule has 0 saturated heterocycles. The van der Waals surface area contributed by atoms with Gasteiger partial charge in [-0.1, -0.05) is 41.1 Å². The Balaban J connectivity index is 0. The smallest absolute Gasteiger partial charge is 0.332 e. The number of esters is 1. The molecule has 11 nitrogen and oxygen atoms in total. The maximum Gasteiger partial charge on any atom is 0.332 e. The predicted octanol–water partition coefficient (Wildman–Crippen LogP) is 4.13. The van der Waals surface area contributed by atoms with Crippen LogP contribution in [0, 0.1) is 0 Å². The Bertz CT molecular complexity index is 797. The molecule has 0 aromatic carbocycles. The third-order valence-corrected chi connectivity index (χ3v) is 7.49. The second-order valence-corrected chi connectivity index (χ2v) is 10.9. The van der Waals surface area contributed by atoms with Crippen LogP contribution in [0.3, 0.4) is 0 Å². The molecule has 15 heteroatoms. The molecule has 0 bridgehead atoms. The number of pyridine rings is 2. The van der Waals surface area contributed by atoms with Crippen LogP contribution in [0.1, 0.15) is 7.43 Å². The summed E-state index contributed by atoms with van der Waals surface area (Å²) in [6, 6.07) is 11.5. The minimum Gasteiger partial charge on any atom is -0.480 e. The van der Waals surface area contributed by atoms with E-state index < -0.39 is 5.97 Å². The van der Waals surface area contributed by atoms with Gasteiger partial charge in [-0.2, -0.15) is 0 Å². The minimum atomic E-state index is -0.984. The first-order valence-corrected chi connectivity index (χ1v) is 15.2. The van der Waals surface area contributed by atoms with Crippen LogP contribution in [0.5, 0.6) is 0 Å². The number of ether oxygens (including phenoxy) is 5. The van der Waals surface area contributed by atoms with Crippen molar-refractivity contribution in [3.8, 4) is 0 Å². The Kier molecular flexibility index (Phi) is 30.5. The number of nitrogens with zero attached hydrogens (tertiary/aromatic N) is 2. The number of aromatic nitrogens is 2. The van der Waals surface area contributed by atoms with Crippen LogP contribution < -0.4 is 0 Å². The lowest BCUT2D eigenvalue weighted by Gasteiger charge is -2.04. The van der Waals surface area contributed by atoms with Crippen molar-refractivity contribution >= 4 is 55.1 Å². The van der Waals surface area contributed by atoms with E-state index in [-0.39, 0.29) is 46.8 Å². The monoisotopic (exact) mass is 612 g/mol. The van der Waals surface area contributed by atoms with E-state index in [1.807, 2.05) is 36.4 Å². The zero-order valence-electron chi connectivity index (χ0n) is 20.6. The first-order valence-electron chi connectivity index (χ1n) is 10.6. The van der Waals surface area contributed by atoms with Crippen molar-refractivity contribution in [2.24, 2.45) is 0 Å². The van der Waals surface area contributed by atoms with Gasteiger partial charge in [-0.3, -0.25) is 0 Å². The van der Waals surface area contributed by atoms with Crippen molar-refractivity contribution in [1.82, 2.24) is 9.97 Å². The molecular formula is C23H36N2O9S4. The van der Waals surface area contributed by atoms with Gasteiger partial charge in [-0.25, -0.2) is 19.6 Å². The molecule has 0 amide bonds. The molecule has 2 aromatic heterocycles. The van der Waals surface area contributed by atoms with Crippen molar-refractivity contribution in [2.75, 3.05) is 65.7 Å². The standard InChI is InChI=1S/C11H15NO4S2.C7H9NOS2.C4H8O4.CH4/c1-14-9-15-8-11(13)16-6-7-17-18-10-4-2-3-5-12-10;9-5-6-10-11-7-3-1-2-4-8-7;1-7-3-8-2-4(5)6;/h2-5H,6-9H2,1H3;1-4,9H,5-6H2;2-3H2,1H3,(H,5,6);1H4. The number of aliphatic hydroxyl groups excluding tert-OH is 1. The first kappa shape index (κ1) is 38.6. The summed E-state index contributed by atoms with van der Waals surface area (Å²) >= 11 is 0. The predicted molar refractivity (Wildman–Crippen MR) is 153 cm³/mol. The highest BCUT2D eigenvalue weighted by atomic mass is 33.1.